The maximum absolute atomic E-state index is 13.8. The van der Waals surface area contributed by atoms with E-state index in [0.29, 0.717) is 6.42 Å². The molecule has 9 heteroatoms. The lowest BCUT2D eigenvalue weighted by molar-refractivity contribution is -0.0243. The lowest BCUT2D eigenvalue weighted by Gasteiger charge is -2.51. The summed E-state index contributed by atoms with van der Waals surface area (Å²) in [6, 6.07) is 7.42. The van der Waals surface area contributed by atoms with E-state index in [-0.39, 0.29) is 47.3 Å². The fourth-order valence-corrected chi connectivity index (χ4v) is 5.80. The quantitative estimate of drug-likeness (QED) is 0.659. The number of carboxylic acid groups (broad SMARTS) is 1. The predicted molar refractivity (Wildman–Crippen MR) is 123 cm³/mol. The molecule has 0 spiro atoms. The van der Waals surface area contributed by atoms with Gasteiger partial charge in [-0.2, -0.15) is 5.10 Å². The zero-order valence-corrected chi connectivity index (χ0v) is 19.7. The molecular weight excluding hydrogens is 442 g/mol. The maximum Gasteiger partial charge on any atom is 0.404 e. The molecule has 7 nitrogen and oxygen atoms in total. The van der Waals surface area contributed by atoms with Crippen molar-refractivity contribution in [3.8, 4) is 5.88 Å². The lowest BCUT2D eigenvalue weighted by Crippen LogP contribution is -2.64. The van der Waals surface area contributed by atoms with Gasteiger partial charge in [-0.3, -0.25) is 4.90 Å². The van der Waals surface area contributed by atoms with Crippen LogP contribution in [0.1, 0.15) is 57.9 Å². The van der Waals surface area contributed by atoms with Crippen molar-refractivity contribution in [3.63, 3.8) is 0 Å². The SMILES string of the molecule is CC(C)(C)[C@@H]1C(NC(=O)O)CCCN1C1CC(c2ccc(F)cc2)CC1Oc1cc(F)cnn1. The summed E-state index contributed by atoms with van der Waals surface area (Å²) in [7, 11) is 0. The Morgan fingerprint density at radius 1 is 1.18 bits per heavy atom. The number of ether oxygens (including phenoxy) is 1. The van der Waals surface area contributed by atoms with Crippen molar-refractivity contribution in [2.75, 3.05) is 6.54 Å². The third-order valence-electron chi connectivity index (χ3n) is 6.98. The Bertz CT molecular complexity index is 998. The molecule has 1 saturated carbocycles. The Morgan fingerprint density at radius 3 is 2.56 bits per heavy atom. The first-order chi connectivity index (χ1) is 16.1. The minimum absolute atomic E-state index is 0.0530. The Balaban J connectivity index is 1.66. The number of carbonyl (C=O) groups is 1. The standard InChI is InChI=1S/C25H32F2N4O3/c1-25(2,3)23-19(29-24(32)33)5-4-10-31(23)20-11-16(15-6-8-17(26)9-7-15)12-21(20)34-22-13-18(27)14-28-30-22/h6-9,13-14,16,19-21,23,29H,4-5,10-12H2,1-3H3,(H,32,33)/t16?,19?,20?,21?,23-/m0/s1. The van der Waals surface area contributed by atoms with E-state index in [1.807, 2.05) is 0 Å². The van der Waals surface area contributed by atoms with E-state index < -0.39 is 11.9 Å². The van der Waals surface area contributed by atoms with Crippen molar-refractivity contribution in [1.29, 1.82) is 0 Å². The Labute approximate surface area is 198 Å². The van der Waals surface area contributed by atoms with E-state index in [4.69, 9.17) is 4.74 Å². The fraction of sp³-hybridized carbons (Fsp3) is 0.560. The highest BCUT2D eigenvalue weighted by atomic mass is 19.1. The van der Waals surface area contributed by atoms with Crippen molar-refractivity contribution in [2.45, 2.75) is 76.6 Å². The highest BCUT2D eigenvalue weighted by Gasteiger charge is 2.48. The molecule has 1 aliphatic carbocycles. The Morgan fingerprint density at radius 2 is 1.91 bits per heavy atom. The van der Waals surface area contributed by atoms with E-state index in [0.717, 1.165) is 37.6 Å². The van der Waals surface area contributed by atoms with E-state index >= 15 is 0 Å². The van der Waals surface area contributed by atoms with Crippen molar-refractivity contribution in [1.82, 2.24) is 20.4 Å². The van der Waals surface area contributed by atoms with Crippen LogP contribution in [-0.4, -0.2) is 57.1 Å². The Kier molecular flexibility index (Phi) is 7.02. The summed E-state index contributed by atoms with van der Waals surface area (Å²) in [5.41, 5.74) is 0.817. The third kappa shape index (κ3) is 5.46. The van der Waals surface area contributed by atoms with E-state index in [1.165, 1.54) is 18.2 Å². The van der Waals surface area contributed by atoms with Crippen molar-refractivity contribution in [2.24, 2.45) is 5.41 Å². The van der Waals surface area contributed by atoms with Crippen molar-refractivity contribution < 1.29 is 23.4 Å². The van der Waals surface area contributed by atoms with Crippen molar-refractivity contribution >= 4 is 6.09 Å². The molecular formula is C25H32F2N4O3. The summed E-state index contributed by atoms with van der Waals surface area (Å²) in [6.07, 6.45) is 2.72. The number of halogens is 2. The molecule has 0 bridgehead atoms. The lowest BCUT2D eigenvalue weighted by atomic mass is 9.76. The monoisotopic (exact) mass is 474 g/mol. The van der Waals surface area contributed by atoms with Gasteiger partial charge >= 0.3 is 6.09 Å². The molecule has 1 aromatic heterocycles. The number of hydrogen-bond acceptors (Lipinski definition) is 5. The van der Waals surface area contributed by atoms with Crippen molar-refractivity contribution in [3.05, 3.63) is 53.7 Å². The van der Waals surface area contributed by atoms with Gasteiger partial charge in [-0.05, 0) is 61.3 Å². The van der Waals surface area contributed by atoms with Gasteiger partial charge in [0.2, 0.25) is 5.88 Å². The number of nitrogens with zero attached hydrogens (tertiary/aromatic N) is 3. The first-order valence-corrected chi connectivity index (χ1v) is 11.8. The van der Waals surface area contributed by atoms with E-state index in [2.05, 4.69) is 41.2 Å². The van der Waals surface area contributed by atoms with Gasteiger partial charge in [0.05, 0.1) is 6.20 Å². The zero-order chi connectivity index (χ0) is 24.5. The van der Waals surface area contributed by atoms with Crippen LogP contribution in [0.4, 0.5) is 13.6 Å². The van der Waals surface area contributed by atoms with Gasteiger partial charge in [0, 0.05) is 24.2 Å². The van der Waals surface area contributed by atoms with Crippen LogP contribution in [0, 0.1) is 17.0 Å². The van der Waals surface area contributed by atoms with Crippen LogP contribution in [0.15, 0.2) is 36.5 Å². The molecule has 1 aromatic carbocycles. The molecule has 1 amide bonds. The fourth-order valence-electron chi connectivity index (χ4n) is 5.80. The van der Waals surface area contributed by atoms with Gasteiger partial charge < -0.3 is 15.2 Å². The molecule has 2 heterocycles. The van der Waals surface area contributed by atoms with E-state index in [1.54, 1.807) is 12.1 Å². The third-order valence-corrected chi connectivity index (χ3v) is 6.98. The summed E-state index contributed by atoms with van der Waals surface area (Å²) in [5, 5.41) is 19.8. The largest absolute Gasteiger partial charge is 0.472 e. The first-order valence-electron chi connectivity index (χ1n) is 11.8. The molecule has 1 aliphatic heterocycles. The number of aromatic nitrogens is 2. The van der Waals surface area contributed by atoms with Gasteiger partial charge in [-0.1, -0.05) is 32.9 Å². The highest BCUT2D eigenvalue weighted by Crippen LogP contribution is 2.43. The Hall–Kier alpha value is -2.81. The number of hydrogen-bond donors (Lipinski definition) is 2. The molecule has 1 saturated heterocycles. The number of rotatable bonds is 5. The molecule has 0 radical (unpaired) electrons. The molecule has 184 valence electrons. The highest BCUT2D eigenvalue weighted by molar-refractivity contribution is 5.65. The first kappa shape index (κ1) is 24.3. The van der Waals surface area contributed by atoms with Gasteiger partial charge in [0.25, 0.3) is 0 Å². The average Bonchev–Trinajstić information content (AvgIpc) is 3.16. The minimum atomic E-state index is -1.03. The van der Waals surface area contributed by atoms with Gasteiger partial charge in [0.15, 0.2) is 0 Å². The molecule has 2 aliphatic rings. The number of amides is 1. The second-order valence-electron chi connectivity index (χ2n) is 10.4. The normalized spacial score (nSPS) is 28.0. The molecule has 2 fully saturated rings. The smallest absolute Gasteiger partial charge is 0.404 e. The average molecular weight is 475 g/mol. The second kappa shape index (κ2) is 9.82. The number of likely N-dealkylation sites (tertiary alicyclic amines) is 1. The van der Waals surface area contributed by atoms with Crippen LogP contribution in [-0.2, 0) is 0 Å². The van der Waals surface area contributed by atoms with Crippen LogP contribution in [0.25, 0.3) is 0 Å². The molecule has 4 unspecified atom stereocenters. The molecule has 2 aromatic rings. The van der Waals surface area contributed by atoms with E-state index in [9.17, 15) is 18.7 Å². The summed E-state index contributed by atoms with van der Waals surface area (Å²) < 4.78 is 33.5. The minimum Gasteiger partial charge on any atom is -0.472 e. The predicted octanol–water partition coefficient (Wildman–Crippen LogP) is 4.60. The summed E-state index contributed by atoms with van der Waals surface area (Å²) in [4.78, 5) is 13.9. The summed E-state index contributed by atoms with van der Waals surface area (Å²) in [6.45, 7) is 7.15. The number of nitrogens with one attached hydrogen (secondary N) is 1. The maximum atomic E-state index is 13.8. The topological polar surface area (TPSA) is 87.6 Å². The van der Waals surface area contributed by atoms with Crippen LogP contribution in [0.2, 0.25) is 0 Å². The molecule has 4 rings (SSSR count). The second-order valence-corrected chi connectivity index (χ2v) is 10.4. The van der Waals surface area contributed by atoms with Gasteiger partial charge in [-0.25, -0.2) is 13.6 Å². The van der Waals surface area contributed by atoms with Crippen LogP contribution in [0.3, 0.4) is 0 Å². The summed E-state index contributed by atoms with van der Waals surface area (Å²) in [5.74, 6) is -0.566. The summed E-state index contributed by atoms with van der Waals surface area (Å²) >= 11 is 0. The number of piperidine rings is 1. The molecule has 34 heavy (non-hydrogen) atoms. The molecule has 2 N–H and O–H groups in total. The van der Waals surface area contributed by atoms with Crippen LogP contribution < -0.4 is 10.1 Å². The zero-order valence-electron chi connectivity index (χ0n) is 19.7. The van der Waals surface area contributed by atoms with Crippen LogP contribution in [0.5, 0.6) is 5.88 Å². The molecule has 5 atom stereocenters. The van der Waals surface area contributed by atoms with Crippen LogP contribution >= 0.6 is 0 Å². The van der Waals surface area contributed by atoms with Gasteiger partial charge in [0.1, 0.15) is 17.7 Å². The van der Waals surface area contributed by atoms with Gasteiger partial charge in [-0.15, -0.1) is 5.10 Å². The number of benzene rings is 1.